The van der Waals surface area contributed by atoms with Gasteiger partial charge in [0.05, 0.1) is 6.10 Å². The average molecular weight is 188 g/mol. The smallest absolute Gasteiger partial charge is 0.158 e. The van der Waals surface area contributed by atoms with Gasteiger partial charge in [0.25, 0.3) is 0 Å². The third kappa shape index (κ3) is 9.50. The number of Topliss-reactive ketones (excluding diaryl/α,β-unsaturated/α-hetero) is 1. The molecule has 0 fully saturated rings. The van der Waals surface area contributed by atoms with Gasteiger partial charge in [-0.25, -0.2) is 0 Å². The molecular weight excluding hydrogens is 168 g/mol. The van der Waals surface area contributed by atoms with Crippen molar-refractivity contribution in [2.45, 2.75) is 39.7 Å². The van der Waals surface area contributed by atoms with Crippen molar-refractivity contribution in [2.24, 2.45) is 0 Å². The minimum Gasteiger partial charge on any atom is -0.382 e. The van der Waals surface area contributed by atoms with Crippen LogP contribution < -0.4 is 0 Å². The molecule has 0 atom stereocenters. The summed E-state index contributed by atoms with van der Waals surface area (Å²) in [4.78, 5) is 11.1. The molecule has 0 N–H and O–H groups in total. The second-order valence-corrected chi connectivity index (χ2v) is 3.20. The van der Waals surface area contributed by atoms with Crippen molar-refractivity contribution < 1.29 is 14.3 Å². The number of carbonyl (C=O) groups excluding carboxylic acids is 1. The van der Waals surface area contributed by atoms with Gasteiger partial charge in [0.15, 0.2) is 5.78 Å². The number of hydrogen-bond donors (Lipinski definition) is 0. The predicted octanol–water partition coefficient (Wildman–Crippen LogP) is 1.80. The molecule has 0 radical (unpaired) electrons. The maximum Gasteiger partial charge on any atom is 0.158 e. The van der Waals surface area contributed by atoms with Crippen molar-refractivity contribution in [2.75, 3.05) is 19.8 Å². The van der Waals surface area contributed by atoms with Gasteiger partial charge in [0.2, 0.25) is 0 Å². The molecule has 0 amide bonds. The highest BCUT2D eigenvalue weighted by Gasteiger charge is 2.02. The van der Waals surface area contributed by atoms with Crippen molar-refractivity contribution >= 4 is 5.78 Å². The Bertz CT molecular complexity index is 132. The van der Waals surface area contributed by atoms with E-state index in [0.717, 1.165) is 13.0 Å². The summed E-state index contributed by atoms with van der Waals surface area (Å²) in [5.41, 5.74) is 0. The standard InChI is InChI=1S/C10H20O3/c1-4-12-7-5-6-10(11)8-13-9(2)3/h9H,4-8H2,1-3H3. The summed E-state index contributed by atoms with van der Waals surface area (Å²) in [6.45, 7) is 7.43. The Morgan fingerprint density at radius 1 is 1.38 bits per heavy atom. The van der Waals surface area contributed by atoms with Crippen LogP contribution in [0.2, 0.25) is 0 Å². The molecule has 0 saturated carbocycles. The van der Waals surface area contributed by atoms with Gasteiger partial charge in [-0.1, -0.05) is 0 Å². The minimum atomic E-state index is 0.135. The highest BCUT2D eigenvalue weighted by Crippen LogP contribution is 1.95. The van der Waals surface area contributed by atoms with Crippen molar-refractivity contribution in [3.05, 3.63) is 0 Å². The van der Waals surface area contributed by atoms with Gasteiger partial charge in [-0.3, -0.25) is 4.79 Å². The number of hydrogen-bond acceptors (Lipinski definition) is 3. The van der Waals surface area contributed by atoms with Gasteiger partial charge in [-0.15, -0.1) is 0 Å². The number of rotatable bonds is 8. The van der Waals surface area contributed by atoms with Crippen LogP contribution >= 0.6 is 0 Å². The number of carbonyl (C=O) groups is 1. The van der Waals surface area contributed by atoms with Crippen LogP contribution in [0.5, 0.6) is 0 Å². The quantitative estimate of drug-likeness (QED) is 0.545. The Kier molecular flexibility index (Phi) is 7.94. The second kappa shape index (κ2) is 8.20. The molecule has 0 aliphatic rings. The molecule has 3 heteroatoms. The second-order valence-electron chi connectivity index (χ2n) is 3.20. The molecule has 0 aromatic heterocycles. The van der Waals surface area contributed by atoms with E-state index in [4.69, 9.17) is 9.47 Å². The van der Waals surface area contributed by atoms with E-state index in [9.17, 15) is 4.79 Å². The van der Waals surface area contributed by atoms with E-state index in [1.54, 1.807) is 0 Å². The first-order valence-electron chi connectivity index (χ1n) is 4.87. The summed E-state index contributed by atoms with van der Waals surface area (Å²) in [6.07, 6.45) is 1.50. The van der Waals surface area contributed by atoms with Crippen molar-refractivity contribution in [1.29, 1.82) is 0 Å². The summed E-state index contributed by atoms with van der Waals surface area (Å²) in [7, 11) is 0. The molecule has 0 aromatic rings. The third-order valence-corrected chi connectivity index (χ3v) is 1.53. The maximum absolute atomic E-state index is 11.1. The highest BCUT2D eigenvalue weighted by atomic mass is 16.5. The van der Waals surface area contributed by atoms with Crippen LogP contribution in [-0.2, 0) is 14.3 Å². The van der Waals surface area contributed by atoms with Crippen LogP contribution in [-0.4, -0.2) is 31.7 Å². The van der Waals surface area contributed by atoms with Crippen LogP contribution in [0.15, 0.2) is 0 Å². The Labute approximate surface area is 80.4 Å². The van der Waals surface area contributed by atoms with Crippen molar-refractivity contribution in [1.82, 2.24) is 0 Å². The molecule has 0 aliphatic carbocycles. The molecule has 0 aliphatic heterocycles. The van der Waals surface area contributed by atoms with Crippen LogP contribution in [0.3, 0.4) is 0 Å². The lowest BCUT2D eigenvalue weighted by Crippen LogP contribution is -2.13. The predicted molar refractivity (Wildman–Crippen MR) is 51.8 cm³/mol. The molecule has 0 bridgehead atoms. The maximum atomic E-state index is 11.1. The Hall–Kier alpha value is -0.410. The van der Waals surface area contributed by atoms with Crippen LogP contribution in [0.1, 0.15) is 33.6 Å². The van der Waals surface area contributed by atoms with Gasteiger partial charge in [0.1, 0.15) is 6.61 Å². The van der Waals surface area contributed by atoms with E-state index >= 15 is 0 Å². The molecule has 3 nitrogen and oxygen atoms in total. The molecule has 78 valence electrons. The molecule has 0 heterocycles. The molecule has 0 aromatic carbocycles. The summed E-state index contributed by atoms with van der Waals surface area (Å²) < 4.78 is 10.3. The summed E-state index contributed by atoms with van der Waals surface area (Å²) >= 11 is 0. The van der Waals surface area contributed by atoms with E-state index in [1.165, 1.54) is 0 Å². The Balaban J connectivity index is 3.20. The van der Waals surface area contributed by atoms with E-state index < -0.39 is 0 Å². The molecule has 0 rings (SSSR count). The van der Waals surface area contributed by atoms with Crippen LogP contribution in [0.4, 0.5) is 0 Å². The zero-order chi connectivity index (χ0) is 10.1. The van der Waals surface area contributed by atoms with E-state index in [1.807, 2.05) is 20.8 Å². The lowest BCUT2D eigenvalue weighted by molar-refractivity contribution is -0.125. The van der Waals surface area contributed by atoms with E-state index in [0.29, 0.717) is 13.0 Å². The summed E-state index contributed by atoms with van der Waals surface area (Å²) in [5.74, 6) is 0.161. The van der Waals surface area contributed by atoms with Gasteiger partial charge in [-0.2, -0.15) is 0 Å². The first-order chi connectivity index (χ1) is 6.16. The van der Waals surface area contributed by atoms with E-state index in [2.05, 4.69) is 0 Å². The first-order valence-corrected chi connectivity index (χ1v) is 4.87. The topological polar surface area (TPSA) is 35.5 Å². The third-order valence-electron chi connectivity index (χ3n) is 1.53. The van der Waals surface area contributed by atoms with Crippen molar-refractivity contribution in [3.8, 4) is 0 Å². The van der Waals surface area contributed by atoms with Crippen molar-refractivity contribution in [3.63, 3.8) is 0 Å². The molecular formula is C10H20O3. The first kappa shape index (κ1) is 12.6. The lowest BCUT2D eigenvalue weighted by atomic mass is 10.2. The fourth-order valence-electron chi connectivity index (χ4n) is 0.848. The van der Waals surface area contributed by atoms with Gasteiger partial charge in [0, 0.05) is 19.6 Å². The number of ether oxygens (including phenoxy) is 2. The Morgan fingerprint density at radius 2 is 2.08 bits per heavy atom. The zero-order valence-corrected chi connectivity index (χ0v) is 8.84. The van der Waals surface area contributed by atoms with Gasteiger partial charge < -0.3 is 9.47 Å². The molecule has 0 unspecified atom stereocenters. The number of ketones is 1. The summed E-state index contributed by atoms with van der Waals surface area (Å²) in [5, 5.41) is 0. The average Bonchev–Trinajstić information content (AvgIpc) is 2.09. The van der Waals surface area contributed by atoms with Crippen LogP contribution in [0, 0.1) is 0 Å². The summed E-state index contributed by atoms with van der Waals surface area (Å²) in [6, 6.07) is 0. The molecule has 0 saturated heterocycles. The van der Waals surface area contributed by atoms with Gasteiger partial charge >= 0.3 is 0 Å². The fourth-order valence-corrected chi connectivity index (χ4v) is 0.848. The SMILES string of the molecule is CCOCCCC(=O)COC(C)C. The van der Waals surface area contributed by atoms with E-state index in [-0.39, 0.29) is 18.5 Å². The lowest BCUT2D eigenvalue weighted by Gasteiger charge is -2.06. The fraction of sp³-hybridized carbons (Fsp3) is 0.900. The largest absolute Gasteiger partial charge is 0.382 e. The zero-order valence-electron chi connectivity index (χ0n) is 8.84. The highest BCUT2D eigenvalue weighted by molar-refractivity contribution is 5.79. The monoisotopic (exact) mass is 188 g/mol. The molecule has 13 heavy (non-hydrogen) atoms. The normalized spacial score (nSPS) is 10.8. The molecule has 0 spiro atoms. The van der Waals surface area contributed by atoms with Gasteiger partial charge in [-0.05, 0) is 27.2 Å². The van der Waals surface area contributed by atoms with Crippen LogP contribution in [0.25, 0.3) is 0 Å². The minimum absolute atomic E-state index is 0.135. The Morgan fingerprint density at radius 3 is 2.62 bits per heavy atom.